The van der Waals surface area contributed by atoms with Gasteiger partial charge in [0.1, 0.15) is 37.7 Å². The van der Waals surface area contributed by atoms with E-state index in [1.54, 1.807) is 14.2 Å². The Bertz CT molecular complexity index is 776. The Kier molecular flexibility index (Phi) is 6.71. The molecule has 1 aromatic carbocycles. The number of rotatable bonds is 7. The number of methoxy groups -OCH3 is 2. The maximum absolute atomic E-state index is 12.6. The van der Waals surface area contributed by atoms with Crippen LogP contribution in [0.25, 0.3) is 0 Å². The molecule has 2 aromatic rings. The molecule has 1 aromatic heterocycles. The molecule has 1 atom stereocenters. The number of hydrogen-bond donors (Lipinski definition) is 2. The molecular formula is C21H30N4O3+2. The van der Waals surface area contributed by atoms with Crippen LogP contribution < -0.4 is 29.6 Å². The predicted molar refractivity (Wildman–Crippen MR) is 107 cm³/mol. The number of nitrogens with zero attached hydrogens (tertiary/aromatic N) is 1. The van der Waals surface area contributed by atoms with Gasteiger partial charge in [-0.2, -0.15) is 0 Å². The van der Waals surface area contributed by atoms with E-state index < -0.39 is 0 Å². The number of aromatic nitrogens is 1. The van der Waals surface area contributed by atoms with E-state index in [0.717, 1.165) is 49.1 Å². The Morgan fingerprint density at radius 1 is 1.21 bits per heavy atom. The summed E-state index contributed by atoms with van der Waals surface area (Å²) in [5, 5.41) is 3.10. The van der Waals surface area contributed by atoms with Gasteiger partial charge in [0.05, 0.1) is 26.5 Å². The minimum absolute atomic E-state index is 0.0482. The summed E-state index contributed by atoms with van der Waals surface area (Å²) in [6, 6.07) is 11.6. The number of H-pyrrole nitrogens is 1. The fourth-order valence-electron chi connectivity index (χ4n) is 3.60. The van der Waals surface area contributed by atoms with Crippen LogP contribution in [0.15, 0.2) is 42.6 Å². The Balaban J connectivity index is 1.52. The summed E-state index contributed by atoms with van der Waals surface area (Å²) < 4.78 is 10.7. The molecule has 3 rings (SSSR count). The topological polar surface area (TPSA) is 69.4 Å². The Hall–Kier alpha value is -2.80. The zero-order valence-electron chi connectivity index (χ0n) is 16.8. The van der Waals surface area contributed by atoms with E-state index in [4.69, 9.17) is 9.47 Å². The van der Waals surface area contributed by atoms with Crippen LogP contribution in [0.2, 0.25) is 0 Å². The van der Waals surface area contributed by atoms with E-state index in [2.05, 4.69) is 21.3 Å². The van der Waals surface area contributed by atoms with Crippen molar-refractivity contribution in [3.8, 4) is 11.5 Å². The molecule has 1 fully saturated rings. The number of pyridine rings is 1. The summed E-state index contributed by atoms with van der Waals surface area (Å²) in [5.74, 6) is 2.67. The van der Waals surface area contributed by atoms with Crippen LogP contribution in [0.3, 0.4) is 0 Å². The molecule has 7 nitrogen and oxygen atoms in total. The number of anilines is 1. The van der Waals surface area contributed by atoms with Crippen molar-refractivity contribution in [1.82, 2.24) is 5.32 Å². The van der Waals surface area contributed by atoms with E-state index in [1.165, 1.54) is 4.90 Å². The molecule has 2 heterocycles. The first-order valence-electron chi connectivity index (χ1n) is 9.67. The molecule has 28 heavy (non-hydrogen) atoms. The standard InChI is InChI=1S/C21H28N4O3/c1-16(18-14-17(27-2)7-8-19(18)28-3)23-21(26)15-24-10-12-25(13-11-24)20-6-4-5-9-22-20/h4-9,14,16H,10-13,15H2,1-3H3,(H,23,26)/p+2/t16-/m1/s1. The zero-order valence-corrected chi connectivity index (χ0v) is 16.8. The van der Waals surface area contributed by atoms with Gasteiger partial charge in [0.15, 0.2) is 6.54 Å². The number of aromatic amines is 1. The number of benzene rings is 1. The lowest BCUT2D eigenvalue weighted by molar-refractivity contribution is -0.892. The Morgan fingerprint density at radius 3 is 2.64 bits per heavy atom. The highest BCUT2D eigenvalue weighted by Gasteiger charge is 2.27. The van der Waals surface area contributed by atoms with E-state index in [9.17, 15) is 4.79 Å². The Morgan fingerprint density at radius 2 is 2.00 bits per heavy atom. The fourth-order valence-corrected chi connectivity index (χ4v) is 3.60. The number of nitrogens with one attached hydrogen (secondary N) is 3. The molecule has 1 aliphatic rings. The highest BCUT2D eigenvalue weighted by molar-refractivity contribution is 5.77. The maximum atomic E-state index is 12.6. The number of quaternary nitrogens is 1. The van der Waals surface area contributed by atoms with Crippen molar-refractivity contribution in [3.63, 3.8) is 0 Å². The van der Waals surface area contributed by atoms with Crippen molar-refractivity contribution in [2.45, 2.75) is 13.0 Å². The van der Waals surface area contributed by atoms with Crippen LogP contribution in [-0.4, -0.2) is 52.9 Å². The normalized spacial score (nSPS) is 15.8. The van der Waals surface area contributed by atoms with Gasteiger partial charge in [0, 0.05) is 11.6 Å². The molecule has 0 bridgehead atoms. The summed E-state index contributed by atoms with van der Waals surface area (Å²) in [6.45, 7) is 6.18. The molecule has 0 spiro atoms. The molecule has 0 aliphatic carbocycles. The molecule has 7 heteroatoms. The van der Waals surface area contributed by atoms with Crippen molar-refractivity contribution in [3.05, 3.63) is 48.2 Å². The van der Waals surface area contributed by atoms with E-state index in [0.29, 0.717) is 6.54 Å². The van der Waals surface area contributed by atoms with Crippen LogP contribution >= 0.6 is 0 Å². The summed E-state index contributed by atoms with van der Waals surface area (Å²) >= 11 is 0. The van der Waals surface area contributed by atoms with Crippen LogP contribution in [0.4, 0.5) is 5.82 Å². The SMILES string of the molecule is COc1ccc(OC)c([C@@H](C)NC(=O)C[NH+]2CCN(c3cccc[nH+]3)CC2)c1. The molecule has 150 valence electrons. The third-order valence-corrected chi connectivity index (χ3v) is 5.20. The number of hydrogen-bond acceptors (Lipinski definition) is 4. The lowest BCUT2D eigenvalue weighted by Gasteiger charge is -2.28. The summed E-state index contributed by atoms with van der Waals surface area (Å²) in [7, 11) is 3.26. The first kappa shape index (κ1) is 19.9. The van der Waals surface area contributed by atoms with Gasteiger partial charge in [-0.1, -0.05) is 6.07 Å². The van der Waals surface area contributed by atoms with Crippen molar-refractivity contribution in [1.29, 1.82) is 0 Å². The quantitative estimate of drug-likeness (QED) is 0.708. The van der Waals surface area contributed by atoms with Crippen molar-refractivity contribution in [2.75, 3.05) is 51.8 Å². The van der Waals surface area contributed by atoms with Gasteiger partial charge in [-0.15, -0.1) is 0 Å². The van der Waals surface area contributed by atoms with Crippen molar-refractivity contribution in [2.24, 2.45) is 0 Å². The number of carbonyl (C=O) groups is 1. The van der Waals surface area contributed by atoms with Gasteiger partial charge in [0.2, 0.25) is 0 Å². The smallest absolute Gasteiger partial charge is 0.275 e. The molecule has 1 saturated heterocycles. The number of carbonyl (C=O) groups excluding carboxylic acids is 1. The molecule has 0 saturated carbocycles. The van der Waals surface area contributed by atoms with Gasteiger partial charge >= 0.3 is 0 Å². The Labute approximate surface area is 166 Å². The van der Waals surface area contributed by atoms with E-state index in [1.807, 2.05) is 43.5 Å². The highest BCUT2D eigenvalue weighted by atomic mass is 16.5. The molecule has 1 amide bonds. The van der Waals surface area contributed by atoms with Gasteiger partial charge in [-0.25, -0.2) is 4.98 Å². The van der Waals surface area contributed by atoms with Crippen molar-refractivity contribution >= 4 is 11.7 Å². The minimum atomic E-state index is -0.155. The van der Waals surface area contributed by atoms with Crippen LogP contribution in [-0.2, 0) is 4.79 Å². The molecule has 0 unspecified atom stereocenters. The lowest BCUT2D eigenvalue weighted by Crippen LogP contribution is -3.16. The van der Waals surface area contributed by atoms with Gasteiger partial charge in [0.25, 0.3) is 11.7 Å². The number of piperazine rings is 1. The monoisotopic (exact) mass is 386 g/mol. The molecular weight excluding hydrogens is 356 g/mol. The van der Waals surface area contributed by atoms with Gasteiger partial charge < -0.3 is 19.7 Å². The summed E-state index contributed by atoms with van der Waals surface area (Å²) in [6.07, 6.45) is 1.94. The molecule has 0 radical (unpaired) electrons. The molecule has 3 N–H and O–H groups in total. The van der Waals surface area contributed by atoms with Crippen LogP contribution in [0.5, 0.6) is 11.5 Å². The van der Waals surface area contributed by atoms with Crippen LogP contribution in [0, 0.1) is 0 Å². The third kappa shape index (κ3) is 4.92. The highest BCUT2D eigenvalue weighted by Crippen LogP contribution is 2.29. The third-order valence-electron chi connectivity index (χ3n) is 5.20. The zero-order chi connectivity index (χ0) is 19.9. The number of amides is 1. The summed E-state index contributed by atoms with van der Waals surface area (Å²) in [5.41, 5.74) is 0.912. The van der Waals surface area contributed by atoms with Crippen molar-refractivity contribution < 1.29 is 24.2 Å². The van der Waals surface area contributed by atoms with Gasteiger partial charge in [-0.3, -0.25) is 9.69 Å². The summed E-state index contributed by atoms with van der Waals surface area (Å²) in [4.78, 5) is 19.5. The predicted octanol–water partition coefficient (Wildman–Crippen LogP) is 0.100. The maximum Gasteiger partial charge on any atom is 0.275 e. The minimum Gasteiger partial charge on any atom is -0.497 e. The van der Waals surface area contributed by atoms with E-state index >= 15 is 0 Å². The number of ether oxygens (including phenoxy) is 2. The second-order valence-corrected chi connectivity index (χ2v) is 7.06. The molecule has 1 aliphatic heterocycles. The first-order valence-corrected chi connectivity index (χ1v) is 9.67. The second kappa shape index (κ2) is 9.41. The largest absolute Gasteiger partial charge is 0.497 e. The van der Waals surface area contributed by atoms with Crippen LogP contribution in [0.1, 0.15) is 18.5 Å². The van der Waals surface area contributed by atoms with Gasteiger partial charge in [-0.05, 0) is 31.2 Å². The average molecular weight is 386 g/mol. The first-order chi connectivity index (χ1) is 13.6. The van der Waals surface area contributed by atoms with E-state index in [-0.39, 0.29) is 11.9 Å². The fraction of sp³-hybridized carbons (Fsp3) is 0.429. The second-order valence-electron chi connectivity index (χ2n) is 7.06. The lowest BCUT2D eigenvalue weighted by atomic mass is 10.1. The average Bonchev–Trinajstić information content (AvgIpc) is 2.74.